The number of rotatable bonds is 2. The van der Waals surface area contributed by atoms with E-state index in [1.807, 2.05) is 39.8 Å². The van der Waals surface area contributed by atoms with E-state index in [9.17, 15) is 9.18 Å². The molecule has 2 heterocycles. The van der Waals surface area contributed by atoms with Gasteiger partial charge in [-0.05, 0) is 51.7 Å². The van der Waals surface area contributed by atoms with Crippen LogP contribution in [0, 0.1) is 0 Å². The van der Waals surface area contributed by atoms with Gasteiger partial charge >= 0.3 is 7.12 Å². The number of hydrogen-bond donors (Lipinski definition) is 0. The Bertz CT molecular complexity index is 604. The fraction of sp³-hybridized carbons (Fsp3) is 0.588. The Morgan fingerprint density at radius 1 is 1.26 bits per heavy atom. The molecule has 1 atom stereocenters. The van der Waals surface area contributed by atoms with Crippen LogP contribution >= 0.6 is 0 Å². The van der Waals surface area contributed by atoms with Crippen molar-refractivity contribution >= 4 is 18.5 Å². The van der Waals surface area contributed by atoms with Gasteiger partial charge in [-0.2, -0.15) is 0 Å². The standard InChI is InChI=1S/C17H23BFNO3/c1-16(2)17(3,4)23-18(22-16)13-7-5-6-12(10-13)15(21)20-9-8-14(19)11-20/h5-7,10,14H,8-9,11H2,1-4H3/t14-/m1/s1. The largest absolute Gasteiger partial charge is 0.494 e. The summed E-state index contributed by atoms with van der Waals surface area (Å²) in [5, 5.41) is 0. The van der Waals surface area contributed by atoms with Gasteiger partial charge < -0.3 is 14.2 Å². The molecule has 2 aliphatic rings. The molecule has 0 aromatic heterocycles. The lowest BCUT2D eigenvalue weighted by Gasteiger charge is -2.32. The predicted octanol–water partition coefficient (Wildman–Crippen LogP) is 2.17. The smallest absolute Gasteiger partial charge is 0.399 e. The van der Waals surface area contributed by atoms with Gasteiger partial charge in [0.2, 0.25) is 0 Å². The Kier molecular flexibility index (Phi) is 4.01. The second kappa shape index (κ2) is 5.60. The first-order valence-corrected chi connectivity index (χ1v) is 8.08. The van der Waals surface area contributed by atoms with Gasteiger partial charge in [-0.1, -0.05) is 12.1 Å². The molecule has 4 nitrogen and oxygen atoms in total. The number of amides is 1. The zero-order chi connectivity index (χ0) is 16.8. The number of carbonyl (C=O) groups excluding carboxylic acids is 1. The van der Waals surface area contributed by atoms with E-state index in [4.69, 9.17) is 9.31 Å². The van der Waals surface area contributed by atoms with Crippen molar-refractivity contribution in [3.63, 3.8) is 0 Å². The van der Waals surface area contributed by atoms with Crippen molar-refractivity contribution in [2.45, 2.75) is 51.5 Å². The van der Waals surface area contributed by atoms with E-state index in [0.717, 1.165) is 5.46 Å². The van der Waals surface area contributed by atoms with Crippen LogP contribution in [-0.4, -0.2) is 48.4 Å². The van der Waals surface area contributed by atoms with E-state index in [-0.39, 0.29) is 12.5 Å². The van der Waals surface area contributed by atoms with Crippen LogP contribution in [0.4, 0.5) is 4.39 Å². The summed E-state index contributed by atoms with van der Waals surface area (Å²) in [5.74, 6) is -0.136. The molecule has 3 rings (SSSR count). The average molecular weight is 319 g/mol. The maximum absolute atomic E-state index is 13.3. The Morgan fingerprint density at radius 2 is 1.91 bits per heavy atom. The van der Waals surface area contributed by atoms with Crippen LogP contribution in [0.2, 0.25) is 0 Å². The number of alkyl halides is 1. The molecule has 23 heavy (non-hydrogen) atoms. The molecular weight excluding hydrogens is 296 g/mol. The second-order valence-electron chi connectivity index (χ2n) is 7.35. The molecule has 1 aromatic rings. The van der Waals surface area contributed by atoms with E-state index in [1.165, 1.54) is 0 Å². The van der Waals surface area contributed by atoms with Crippen molar-refractivity contribution in [1.29, 1.82) is 0 Å². The van der Waals surface area contributed by atoms with E-state index in [1.54, 1.807) is 17.0 Å². The Balaban J connectivity index is 1.80. The summed E-state index contributed by atoms with van der Waals surface area (Å²) in [5.41, 5.74) is 0.513. The molecule has 2 aliphatic heterocycles. The molecule has 2 fully saturated rings. The van der Waals surface area contributed by atoms with Crippen LogP contribution in [0.3, 0.4) is 0 Å². The van der Waals surface area contributed by atoms with Gasteiger partial charge in [-0.15, -0.1) is 0 Å². The minimum absolute atomic E-state index is 0.136. The van der Waals surface area contributed by atoms with Gasteiger partial charge in [-0.25, -0.2) is 4.39 Å². The average Bonchev–Trinajstić information content (AvgIpc) is 3.00. The molecule has 2 saturated heterocycles. The predicted molar refractivity (Wildman–Crippen MR) is 87.6 cm³/mol. The van der Waals surface area contributed by atoms with Gasteiger partial charge in [0.1, 0.15) is 6.17 Å². The maximum Gasteiger partial charge on any atom is 0.494 e. The number of carbonyl (C=O) groups is 1. The first-order chi connectivity index (χ1) is 10.7. The van der Waals surface area contributed by atoms with E-state index in [0.29, 0.717) is 18.5 Å². The summed E-state index contributed by atoms with van der Waals surface area (Å²) in [6, 6.07) is 7.25. The highest BCUT2D eigenvalue weighted by Crippen LogP contribution is 2.36. The number of nitrogens with zero attached hydrogens (tertiary/aromatic N) is 1. The van der Waals surface area contributed by atoms with Crippen LogP contribution in [0.15, 0.2) is 24.3 Å². The van der Waals surface area contributed by atoms with Crippen LogP contribution < -0.4 is 5.46 Å². The quantitative estimate of drug-likeness (QED) is 0.784. The first kappa shape index (κ1) is 16.5. The van der Waals surface area contributed by atoms with E-state index >= 15 is 0 Å². The van der Waals surface area contributed by atoms with Crippen LogP contribution in [-0.2, 0) is 9.31 Å². The minimum Gasteiger partial charge on any atom is -0.399 e. The van der Waals surface area contributed by atoms with Crippen molar-refractivity contribution in [3.05, 3.63) is 29.8 Å². The van der Waals surface area contributed by atoms with E-state index in [2.05, 4.69) is 0 Å². The molecule has 0 N–H and O–H groups in total. The van der Waals surface area contributed by atoms with Crippen molar-refractivity contribution < 1.29 is 18.5 Å². The normalized spacial score (nSPS) is 25.9. The Morgan fingerprint density at radius 3 is 2.48 bits per heavy atom. The molecule has 1 amide bonds. The fourth-order valence-electron chi connectivity index (χ4n) is 2.88. The van der Waals surface area contributed by atoms with Crippen molar-refractivity contribution in [1.82, 2.24) is 4.90 Å². The molecule has 0 bridgehead atoms. The van der Waals surface area contributed by atoms with Gasteiger partial charge in [0.25, 0.3) is 5.91 Å². The number of halogens is 1. The molecule has 1 aromatic carbocycles. The molecule has 0 aliphatic carbocycles. The van der Waals surface area contributed by atoms with Gasteiger partial charge in [0, 0.05) is 12.1 Å². The molecule has 0 saturated carbocycles. The molecule has 0 spiro atoms. The highest BCUT2D eigenvalue weighted by molar-refractivity contribution is 6.62. The summed E-state index contributed by atoms with van der Waals surface area (Å²) in [6.45, 7) is 8.63. The summed E-state index contributed by atoms with van der Waals surface area (Å²) in [7, 11) is -0.500. The Labute approximate surface area is 137 Å². The zero-order valence-corrected chi connectivity index (χ0v) is 14.1. The lowest BCUT2D eigenvalue weighted by molar-refractivity contribution is 0.00578. The van der Waals surface area contributed by atoms with Gasteiger partial charge in [0.05, 0.1) is 17.7 Å². The van der Waals surface area contributed by atoms with Crippen LogP contribution in [0.25, 0.3) is 0 Å². The van der Waals surface area contributed by atoms with Gasteiger partial charge in [-0.3, -0.25) is 4.79 Å². The SMILES string of the molecule is CC1(C)OB(c2cccc(C(=O)N3CC[C@@H](F)C3)c2)OC1(C)C. The highest BCUT2D eigenvalue weighted by atomic mass is 19.1. The second-order valence-corrected chi connectivity index (χ2v) is 7.35. The van der Waals surface area contributed by atoms with Crippen LogP contribution in [0.1, 0.15) is 44.5 Å². The number of likely N-dealkylation sites (tertiary alicyclic amines) is 1. The number of hydrogen-bond acceptors (Lipinski definition) is 3. The lowest BCUT2D eigenvalue weighted by Crippen LogP contribution is -2.41. The fourth-order valence-corrected chi connectivity index (χ4v) is 2.88. The zero-order valence-electron chi connectivity index (χ0n) is 14.1. The number of benzene rings is 1. The summed E-state index contributed by atoms with van der Waals surface area (Å²) in [6.07, 6.45) is -0.493. The highest BCUT2D eigenvalue weighted by Gasteiger charge is 2.51. The third-order valence-corrected chi connectivity index (χ3v) is 5.08. The molecular formula is C17H23BFNO3. The maximum atomic E-state index is 13.3. The summed E-state index contributed by atoms with van der Waals surface area (Å²) in [4.78, 5) is 14.1. The van der Waals surface area contributed by atoms with Gasteiger partial charge in [0.15, 0.2) is 0 Å². The third kappa shape index (κ3) is 3.02. The topological polar surface area (TPSA) is 38.8 Å². The van der Waals surface area contributed by atoms with Crippen molar-refractivity contribution in [3.8, 4) is 0 Å². The first-order valence-electron chi connectivity index (χ1n) is 8.08. The third-order valence-electron chi connectivity index (χ3n) is 5.08. The van der Waals surface area contributed by atoms with E-state index < -0.39 is 24.5 Å². The Hall–Kier alpha value is -1.40. The van der Waals surface area contributed by atoms with Crippen molar-refractivity contribution in [2.24, 2.45) is 0 Å². The molecule has 124 valence electrons. The monoisotopic (exact) mass is 319 g/mol. The summed E-state index contributed by atoms with van der Waals surface area (Å²) >= 11 is 0. The molecule has 6 heteroatoms. The van der Waals surface area contributed by atoms with Crippen molar-refractivity contribution in [2.75, 3.05) is 13.1 Å². The molecule has 0 radical (unpaired) electrons. The molecule has 0 unspecified atom stereocenters. The lowest BCUT2D eigenvalue weighted by atomic mass is 9.78. The minimum atomic E-state index is -0.912. The summed E-state index contributed by atoms with van der Waals surface area (Å²) < 4.78 is 25.4. The van der Waals surface area contributed by atoms with Crippen LogP contribution in [0.5, 0.6) is 0 Å².